The molecule has 4 N–H and O–H groups in total. The average Bonchev–Trinajstić information content (AvgIpc) is 3.32. The predicted octanol–water partition coefficient (Wildman–Crippen LogP) is 3.05. The van der Waals surface area contributed by atoms with E-state index in [0.29, 0.717) is 39.1 Å². The molecule has 4 rings (SSSR count). The van der Waals surface area contributed by atoms with Crippen molar-refractivity contribution in [2.45, 2.75) is 43.6 Å². The Morgan fingerprint density at radius 2 is 1.47 bits per heavy atom. The topological polar surface area (TPSA) is 96.9 Å². The molecule has 2 unspecified atom stereocenters. The molecule has 38 heavy (non-hydrogen) atoms. The number of anilines is 1. The van der Waals surface area contributed by atoms with Crippen LogP contribution in [0.3, 0.4) is 0 Å². The van der Waals surface area contributed by atoms with Gasteiger partial charge in [0.05, 0.1) is 11.8 Å². The quantitative estimate of drug-likeness (QED) is 0.418. The van der Waals surface area contributed by atoms with Gasteiger partial charge in [0.25, 0.3) is 0 Å². The Labute approximate surface area is 220 Å². The third kappa shape index (κ3) is 7.92. The van der Waals surface area contributed by atoms with Crippen molar-refractivity contribution in [2.24, 2.45) is 0 Å². The van der Waals surface area contributed by atoms with Crippen LogP contribution in [0.15, 0.2) is 54.6 Å². The molecule has 2 aliphatic rings. The van der Waals surface area contributed by atoms with Gasteiger partial charge in [0, 0.05) is 56.9 Å². The van der Waals surface area contributed by atoms with Crippen molar-refractivity contribution >= 4 is 17.6 Å². The molecule has 2 fully saturated rings. The van der Waals surface area contributed by atoms with E-state index in [0.717, 1.165) is 29.7 Å². The summed E-state index contributed by atoms with van der Waals surface area (Å²) in [7, 11) is 0. The second-order valence-electron chi connectivity index (χ2n) is 9.96. The SMILES string of the molecule is O=C(Nc1ccccc1-c1ccccc1)NC1CCN(CC(O)CN2CCC(NC(=O)C(F)(F)F)C2)CC1. The molecule has 2 aliphatic heterocycles. The lowest BCUT2D eigenvalue weighted by molar-refractivity contribution is -0.174. The highest BCUT2D eigenvalue weighted by molar-refractivity contribution is 5.94. The molecule has 2 heterocycles. The van der Waals surface area contributed by atoms with Gasteiger partial charge in [-0.2, -0.15) is 13.2 Å². The van der Waals surface area contributed by atoms with E-state index < -0.39 is 24.2 Å². The molecule has 2 atom stereocenters. The van der Waals surface area contributed by atoms with Gasteiger partial charge < -0.3 is 26.0 Å². The Morgan fingerprint density at radius 3 is 2.18 bits per heavy atom. The van der Waals surface area contributed by atoms with Crippen LogP contribution in [0.1, 0.15) is 19.3 Å². The molecule has 8 nitrogen and oxygen atoms in total. The van der Waals surface area contributed by atoms with E-state index in [1.165, 1.54) is 0 Å². The minimum atomic E-state index is -4.89. The van der Waals surface area contributed by atoms with Crippen LogP contribution < -0.4 is 16.0 Å². The van der Waals surface area contributed by atoms with Crippen molar-refractivity contribution in [3.63, 3.8) is 0 Å². The summed E-state index contributed by atoms with van der Waals surface area (Å²) in [5.41, 5.74) is 2.70. The number of alkyl halides is 3. The number of carbonyl (C=O) groups is 2. The minimum absolute atomic E-state index is 0.0175. The van der Waals surface area contributed by atoms with Crippen LogP contribution in [0.25, 0.3) is 11.1 Å². The molecular formula is C27H34F3N5O3. The number of hydrogen-bond acceptors (Lipinski definition) is 5. The summed E-state index contributed by atoms with van der Waals surface area (Å²) < 4.78 is 37.3. The Balaban J connectivity index is 1.16. The summed E-state index contributed by atoms with van der Waals surface area (Å²) in [6.07, 6.45) is -3.63. The van der Waals surface area contributed by atoms with Gasteiger partial charge in [-0.05, 0) is 30.9 Å². The number of amides is 3. The third-order valence-electron chi connectivity index (χ3n) is 6.99. The largest absolute Gasteiger partial charge is 0.471 e. The number of urea groups is 1. The van der Waals surface area contributed by atoms with Gasteiger partial charge >= 0.3 is 18.1 Å². The highest BCUT2D eigenvalue weighted by Crippen LogP contribution is 2.27. The van der Waals surface area contributed by atoms with E-state index in [1.54, 1.807) is 0 Å². The lowest BCUT2D eigenvalue weighted by Crippen LogP contribution is -2.49. The van der Waals surface area contributed by atoms with E-state index in [2.05, 4.69) is 15.5 Å². The molecule has 2 aromatic carbocycles. The monoisotopic (exact) mass is 533 g/mol. The van der Waals surface area contributed by atoms with E-state index in [9.17, 15) is 27.9 Å². The molecule has 0 radical (unpaired) electrons. The van der Waals surface area contributed by atoms with Crippen LogP contribution in [-0.4, -0.2) is 90.5 Å². The molecule has 0 aliphatic carbocycles. The van der Waals surface area contributed by atoms with Gasteiger partial charge in [-0.15, -0.1) is 0 Å². The summed E-state index contributed by atoms with van der Waals surface area (Å²) >= 11 is 0. The lowest BCUT2D eigenvalue weighted by Gasteiger charge is -2.34. The molecule has 2 saturated heterocycles. The van der Waals surface area contributed by atoms with Crippen molar-refractivity contribution in [3.05, 3.63) is 54.6 Å². The van der Waals surface area contributed by atoms with E-state index in [4.69, 9.17) is 0 Å². The smallest absolute Gasteiger partial charge is 0.390 e. The molecule has 11 heteroatoms. The number of piperidine rings is 1. The highest BCUT2D eigenvalue weighted by atomic mass is 19.4. The first-order chi connectivity index (χ1) is 18.2. The average molecular weight is 534 g/mol. The number of likely N-dealkylation sites (tertiary alicyclic amines) is 2. The minimum Gasteiger partial charge on any atom is -0.390 e. The van der Waals surface area contributed by atoms with Crippen LogP contribution in [-0.2, 0) is 4.79 Å². The molecule has 2 aromatic rings. The van der Waals surface area contributed by atoms with Crippen molar-refractivity contribution < 1.29 is 27.9 Å². The van der Waals surface area contributed by atoms with E-state index in [1.807, 2.05) is 64.8 Å². The van der Waals surface area contributed by atoms with Gasteiger partial charge in [-0.3, -0.25) is 9.69 Å². The number of nitrogens with one attached hydrogen (secondary N) is 3. The summed E-state index contributed by atoms with van der Waals surface area (Å²) in [5, 5.41) is 18.6. The number of para-hydroxylation sites is 1. The zero-order valence-corrected chi connectivity index (χ0v) is 21.1. The Hall–Kier alpha value is -3.15. The second kappa shape index (κ2) is 12.6. The van der Waals surface area contributed by atoms with Crippen molar-refractivity contribution in [1.82, 2.24) is 20.4 Å². The normalized spacial score (nSPS) is 20.2. The van der Waals surface area contributed by atoms with Gasteiger partial charge in [-0.1, -0.05) is 48.5 Å². The molecule has 3 amide bonds. The molecule has 0 saturated carbocycles. The summed E-state index contributed by atoms with van der Waals surface area (Å²) in [6.45, 7) is 3.01. The number of carbonyl (C=O) groups excluding carboxylic acids is 2. The number of aliphatic hydroxyl groups excluding tert-OH is 1. The Kier molecular flexibility index (Phi) is 9.24. The molecular weight excluding hydrogens is 499 g/mol. The zero-order chi connectivity index (χ0) is 27.1. The molecule has 0 bridgehead atoms. The van der Waals surface area contributed by atoms with Crippen molar-refractivity contribution in [3.8, 4) is 11.1 Å². The van der Waals surface area contributed by atoms with Gasteiger partial charge in [-0.25, -0.2) is 4.79 Å². The number of hydrogen-bond donors (Lipinski definition) is 4. The Bertz CT molecular complexity index is 1080. The number of halogens is 3. The van der Waals surface area contributed by atoms with Crippen LogP contribution in [0.5, 0.6) is 0 Å². The van der Waals surface area contributed by atoms with Crippen LogP contribution >= 0.6 is 0 Å². The number of aliphatic hydroxyl groups is 1. The third-order valence-corrected chi connectivity index (χ3v) is 6.99. The molecule has 206 valence electrons. The van der Waals surface area contributed by atoms with Crippen molar-refractivity contribution in [1.29, 1.82) is 0 Å². The maximum Gasteiger partial charge on any atom is 0.471 e. The maximum absolute atomic E-state index is 12.7. The van der Waals surface area contributed by atoms with Crippen LogP contribution in [0.4, 0.5) is 23.7 Å². The number of benzene rings is 2. The van der Waals surface area contributed by atoms with Gasteiger partial charge in [0.2, 0.25) is 0 Å². The summed E-state index contributed by atoms with van der Waals surface area (Å²) in [6, 6.07) is 16.7. The van der Waals surface area contributed by atoms with E-state index >= 15 is 0 Å². The lowest BCUT2D eigenvalue weighted by atomic mass is 10.0. The first-order valence-corrected chi connectivity index (χ1v) is 12.9. The number of β-amino-alcohol motifs (C(OH)–C–C–N with tert-alkyl or cyclic N) is 1. The first-order valence-electron chi connectivity index (χ1n) is 12.9. The second-order valence-corrected chi connectivity index (χ2v) is 9.96. The standard InChI is InChI=1S/C27H34F3N5O3/c28-27(29,30)25(37)31-21-12-15-35(16-21)18-22(36)17-34-13-10-20(11-14-34)32-26(38)33-24-9-5-4-8-23(24)19-6-2-1-3-7-19/h1-9,20-22,36H,10-18H2,(H,31,37)(H2,32,33,38). The predicted molar refractivity (Wildman–Crippen MR) is 139 cm³/mol. The summed E-state index contributed by atoms with van der Waals surface area (Å²) in [5.74, 6) is -1.92. The number of rotatable bonds is 8. The van der Waals surface area contributed by atoms with Crippen LogP contribution in [0, 0.1) is 0 Å². The fraction of sp³-hybridized carbons (Fsp3) is 0.481. The summed E-state index contributed by atoms with van der Waals surface area (Å²) in [4.78, 5) is 27.8. The van der Waals surface area contributed by atoms with Crippen LogP contribution in [0.2, 0.25) is 0 Å². The van der Waals surface area contributed by atoms with Gasteiger partial charge in [0.15, 0.2) is 0 Å². The zero-order valence-electron chi connectivity index (χ0n) is 21.1. The molecule has 0 spiro atoms. The van der Waals surface area contributed by atoms with E-state index in [-0.39, 0.29) is 18.6 Å². The van der Waals surface area contributed by atoms with Gasteiger partial charge in [0.1, 0.15) is 0 Å². The Morgan fingerprint density at radius 1 is 0.868 bits per heavy atom. The first kappa shape index (κ1) is 27.9. The fourth-order valence-electron chi connectivity index (χ4n) is 5.10. The maximum atomic E-state index is 12.7. The molecule has 0 aromatic heterocycles. The van der Waals surface area contributed by atoms with Crippen molar-refractivity contribution in [2.75, 3.05) is 44.6 Å². The fourth-order valence-corrected chi connectivity index (χ4v) is 5.10. The highest BCUT2D eigenvalue weighted by Gasteiger charge is 2.40. The number of nitrogens with zero attached hydrogens (tertiary/aromatic N) is 2.